The van der Waals surface area contributed by atoms with Gasteiger partial charge in [-0.2, -0.15) is 13.2 Å². The van der Waals surface area contributed by atoms with Gasteiger partial charge >= 0.3 is 12.1 Å². The summed E-state index contributed by atoms with van der Waals surface area (Å²) in [5, 5.41) is 1.07. The lowest BCUT2D eigenvalue weighted by Crippen LogP contribution is -2.17. The molecule has 0 saturated carbocycles. The summed E-state index contributed by atoms with van der Waals surface area (Å²) in [5.74, 6) is -1.90. The number of hydrogen-bond acceptors (Lipinski definition) is 3. The van der Waals surface area contributed by atoms with E-state index in [1.165, 1.54) is 24.4 Å². The maximum Gasteiger partial charge on any atom is 0.432 e. The molecule has 0 fully saturated rings. The van der Waals surface area contributed by atoms with Crippen LogP contribution in [-0.4, -0.2) is 23.3 Å². The van der Waals surface area contributed by atoms with E-state index in [-0.39, 0.29) is 16.6 Å². The zero-order chi connectivity index (χ0) is 20.8. The quantitative estimate of drug-likeness (QED) is 0.356. The Balaban J connectivity index is 2.23. The highest BCUT2D eigenvalue weighted by Crippen LogP contribution is 2.40. The summed E-state index contributed by atoms with van der Waals surface area (Å²) in [6, 6.07) is 16.1. The number of nitrogens with zero attached hydrogens (tertiary/aromatic N) is 1. The monoisotopic (exact) mass is 397 g/mol. The number of benzene rings is 2. The van der Waals surface area contributed by atoms with Gasteiger partial charge in [-0.25, -0.2) is 4.79 Å². The van der Waals surface area contributed by atoms with E-state index in [0.717, 1.165) is 11.5 Å². The van der Waals surface area contributed by atoms with Gasteiger partial charge in [0.2, 0.25) is 0 Å². The van der Waals surface area contributed by atoms with Gasteiger partial charge in [-0.3, -0.25) is 4.79 Å². The van der Waals surface area contributed by atoms with Gasteiger partial charge in [0, 0.05) is 17.1 Å². The fourth-order valence-corrected chi connectivity index (χ4v) is 3.55. The molecule has 0 N–H and O–H groups in total. The van der Waals surface area contributed by atoms with Gasteiger partial charge in [0.05, 0.1) is 18.2 Å². The first-order chi connectivity index (χ1) is 13.8. The normalized spacial score (nSPS) is 11.7. The molecule has 0 amide bonds. The summed E-state index contributed by atoms with van der Waals surface area (Å²) in [7, 11) is 0.986. The SMILES string of the molecule is COC(=O)c1c(C(=O)c2ccccc2)c2c3ccccc3ccn2c1C(F)(F)F. The molecule has 0 aliphatic carbocycles. The number of hydrogen-bond donors (Lipinski definition) is 0. The van der Waals surface area contributed by atoms with Gasteiger partial charge in [0.25, 0.3) is 0 Å². The lowest BCUT2D eigenvalue weighted by Gasteiger charge is -2.10. The first-order valence-electron chi connectivity index (χ1n) is 8.65. The molecule has 0 radical (unpaired) electrons. The van der Waals surface area contributed by atoms with Gasteiger partial charge in [0.15, 0.2) is 5.78 Å². The van der Waals surface area contributed by atoms with Gasteiger partial charge in [-0.05, 0) is 11.5 Å². The Kier molecular flexibility index (Phi) is 4.38. The van der Waals surface area contributed by atoms with Crippen molar-refractivity contribution in [3.8, 4) is 0 Å². The third-order valence-corrected chi connectivity index (χ3v) is 4.75. The fourth-order valence-electron chi connectivity index (χ4n) is 3.55. The van der Waals surface area contributed by atoms with Crippen LogP contribution in [0.5, 0.6) is 0 Å². The van der Waals surface area contributed by atoms with E-state index in [0.29, 0.717) is 10.8 Å². The minimum atomic E-state index is -4.88. The topological polar surface area (TPSA) is 47.8 Å². The number of ketones is 1. The molecule has 4 aromatic rings. The lowest BCUT2D eigenvalue weighted by molar-refractivity contribution is -0.142. The summed E-state index contributed by atoms with van der Waals surface area (Å²) in [4.78, 5) is 25.8. The Labute approximate surface area is 163 Å². The van der Waals surface area contributed by atoms with Crippen molar-refractivity contribution in [2.24, 2.45) is 0 Å². The van der Waals surface area contributed by atoms with Crippen molar-refractivity contribution < 1.29 is 27.5 Å². The number of aromatic nitrogens is 1. The van der Waals surface area contributed by atoms with Crippen LogP contribution in [0.15, 0.2) is 66.9 Å². The largest absolute Gasteiger partial charge is 0.465 e. The third-order valence-electron chi connectivity index (χ3n) is 4.75. The summed E-state index contributed by atoms with van der Waals surface area (Å²) in [6.45, 7) is 0. The minimum absolute atomic E-state index is 0.0182. The number of methoxy groups -OCH3 is 1. The van der Waals surface area contributed by atoms with Crippen molar-refractivity contribution >= 4 is 28.0 Å². The molecule has 7 heteroatoms. The van der Waals surface area contributed by atoms with Crippen molar-refractivity contribution in [2.45, 2.75) is 6.18 Å². The molecule has 4 nitrogen and oxygen atoms in total. The standard InChI is InChI=1S/C22H14F3NO3/c1-29-21(28)17-16(19(27)14-8-3-2-4-9-14)18-15-10-6-5-7-13(15)11-12-26(18)20(17)22(23,24)25/h2-12H,1H3. The molecule has 0 unspecified atom stereocenters. The smallest absolute Gasteiger partial charge is 0.432 e. The van der Waals surface area contributed by atoms with Crippen molar-refractivity contribution in [3.05, 3.63) is 89.2 Å². The van der Waals surface area contributed by atoms with E-state index in [4.69, 9.17) is 0 Å². The van der Waals surface area contributed by atoms with Crippen LogP contribution in [0, 0.1) is 0 Å². The number of alkyl halides is 3. The van der Waals surface area contributed by atoms with Crippen molar-refractivity contribution in [1.29, 1.82) is 0 Å². The van der Waals surface area contributed by atoms with Crippen molar-refractivity contribution in [2.75, 3.05) is 7.11 Å². The van der Waals surface area contributed by atoms with Gasteiger partial charge in [-0.1, -0.05) is 54.6 Å². The fraction of sp³-hybridized carbons (Fsp3) is 0.0909. The molecular weight excluding hydrogens is 383 g/mol. The Morgan fingerprint density at radius 2 is 1.55 bits per heavy atom. The molecule has 146 valence electrons. The maximum absolute atomic E-state index is 14.0. The molecular formula is C22H14F3NO3. The molecule has 0 spiro atoms. The van der Waals surface area contributed by atoms with Crippen molar-refractivity contribution in [1.82, 2.24) is 4.40 Å². The molecule has 29 heavy (non-hydrogen) atoms. The second-order valence-corrected chi connectivity index (χ2v) is 6.40. The van der Waals surface area contributed by atoms with E-state index in [1.807, 2.05) is 0 Å². The number of halogens is 3. The highest BCUT2D eigenvalue weighted by Gasteiger charge is 2.43. The molecule has 0 atom stereocenters. The van der Waals surface area contributed by atoms with Crippen molar-refractivity contribution in [3.63, 3.8) is 0 Å². The van der Waals surface area contributed by atoms with Gasteiger partial charge in [0.1, 0.15) is 11.3 Å². The predicted octanol–water partition coefficient (Wildman–Crippen LogP) is 5.13. The molecule has 2 aromatic carbocycles. The Bertz CT molecular complexity index is 1260. The van der Waals surface area contributed by atoms with Crippen LogP contribution in [0.3, 0.4) is 0 Å². The zero-order valence-corrected chi connectivity index (χ0v) is 15.2. The van der Waals surface area contributed by atoms with Crippen LogP contribution >= 0.6 is 0 Å². The molecule has 0 aliphatic rings. The number of esters is 1. The maximum atomic E-state index is 14.0. The summed E-state index contributed by atoms with van der Waals surface area (Å²) < 4.78 is 47.5. The van der Waals surface area contributed by atoms with E-state index < -0.39 is 29.2 Å². The van der Waals surface area contributed by atoms with Crippen LogP contribution in [0.2, 0.25) is 0 Å². The zero-order valence-electron chi connectivity index (χ0n) is 15.2. The summed E-state index contributed by atoms with van der Waals surface area (Å²) in [5.41, 5.74) is -2.15. The second kappa shape index (κ2) is 6.77. The second-order valence-electron chi connectivity index (χ2n) is 6.40. The summed E-state index contributed by atoms with van der Waals surface area (Å²) >= 11 is 0. The molecule has 0 bridgehead atoms. The van der Waals surface area contributed by atoms with Crippen LogP contribution in [0.1, 0.15) is 32.0 Å². The number of pyridine rings is 1. The number of ether oxygens (including phenoxy) is 1. The van der Waals surface area contributed by atoms with Gasteiger partial charge in [-0.15, -0.1) is 0 Å². The Morgan fingerprint density at radius 1 is 0.897 bits per heavy atom. The van der Waals surface area contributed by atoms with Gasteiger partial charge < -0.3 is 9.14 Å². The minimum Gasteiger partial charge on any atom is -0.465 e. The molecule has 4 rings (SSSR count). The van der Waals surface area contributed by atoms with Crippen LogP contribution in [0.4, 0.5) is 13.2 Å². The molecule has 2 aromatic heterocycles. The lowest BCUT2D eigenvalue weighted by atomic mass is 9.97. The highest BCUT2D eigenvalue weighted by atomic mass is 19.4. The van der Waals surface area contributed by atoms with E-state index in [1.54, 1.807) is 42.5 Å². The number of carbonyl (C=O) groups is 2. The number of rotatable bonds is 3. The Hall–Kier alpha value is -3.61. The van der Waals surface area contributed by atoms with E-state index >= 15 is 0 Å². The van der Waals surface area contributed by atoms with E-state index in [2.05, 4.69) is 4.74 Å². The third kappa shape index (κ3) is 2.95. The average molecular weight is 397 g/mol. The predicted molar refractivity (Wildman–Crippen MR) is 101 cm³/mol. The van der Waals surface area contributed by atoms with Crippen LogP contribution in [0.25, 0.3) is 16.3 Å². The molecule has 0 aliphatic heterocycles. The van der Waals surface area contributed by atoms with Crippen LogP contribution < -0.4 is 0 Å². The molecule has 2 heterocycles. The number of fused-ring (bicyclic) bond motifs is 3. The first kappa shape index (κ1) is 18.7. The molecule has 0 saturated heterocycles. The first-order valence-corrected chi connectivity index (χ1v) is 8.65. The Morgan fingerprint density at radius 3 is 2.21 bits per heavy atom. The average Bonchev–Trinajstić information content (AvgIpc) is 3.09. The number of carbonyl (C=O) groups excluding carboxylic acids is 2. The highest BCUT2D eigenvalue weighted by molar-refractivity contribution is 6.22. The summed E-state index contributed by atoms with van der Waals surface area (Å²) in [6.07, 6.45) is -3.67. The van der Waals surface area contributed by atoms with Crippen LogP contribution in [-0.2, 0) is 10.9 Å². The van der Waals surface area contributed by atoms with E-state index in [9.17, 15) is 22.8 Å².